The van der Waals surface area contributed by atoms with Gasteiger partial charge in [-0.15, -0.1) is 0 Å². The van der Waals surface area contributed by atoms with Crippen LogP contribution in [0.2, 0.25) is 0 Å². The van der Waals surface area contributed by atoms with Crippen molar-refractivity contribution in [2.75, 3.05) is 17.6 Å². The Hall–Kier alpha value is -1.39. The van der Waals surface area contributed by atoms with E-state index in [1.807, 2.05) is 20.8 Å². The topological polar surface area (TPSA) is 38.0 Å². The van der Waals surface area contributed by atoms with E-state index in [1.165, 1.54) is 12.1 Å². The summed E-state index contributed by atoms with van der Waals surface area (Å²) < 4.78 is 38.4. The summed E-state index contributed by atoms with van der Waals surface area (Å²) in [5, 5.41) is 2.85. The van der Waals surface area contributed by atoms with Crippen LogP contribution in [0.5, 0.6) is 0 Å². The van der Waals surface area contributed by atoms with E-state index in [0.29, 0.717) is 18.4 Å². The lowest BCUT2D eigenvalue weighted by atomic mass is 9.98. The second kappa shape index (κ2) is 5.50. The highest BCUT2D eigenvalue weighted by Crippen LogP contribution is 2.36. The molecular weight excluding hydrogens is 241 g/mol. The second-order valence-electron chi connectivity index (χ2n) is 4.90. The van der Waals surface area contributed by atoms with Crippen LogP contribution < -0.4 is 11.1 Å². The molecular formula is C13H19F3N2. The Morgan fingerprint density at radius 3 is 2.33 bits per heavy atom. The van der Waals surface area contributed by atoms with Gasteiger partial charge in [0.25, 0.3) is 0 Å². The van der Waals surface area contributed by atoms with Crippen molar-refractivity contribution in [3.63, 3.8) is 0 Å². The van der Waals surface area contributed by atoms with Crippen LogP contribution in [0.1, 0.15) is 26.3 Å². The minimum absolute atomic E-state index is 0.0872. The SMILES string of the molecule is CC(C)C(C)CNc1ccc(N)cc1C(F)(F)F. The van der Waals surface area contributed by atoms with Crippen molar-refractivity contribution < 1.29 is 13.2 Å². The Kier molecular flexibility index (Phi) is 4.48. The summed E-state index contributed by atoms with van der Waals surface area (Å²) in [4.78, 5) is 0. The summed E-state index contributed by atoms with van der Waals surface area (Å²) in [6, 6.07) is 3.81. The zero-order chi connectivity index (χ0) is 13.9. The molecule has 0 bridgehead atoms. The highest BCUT2D eigenvalue weighted by atomic mass is 19.4. The van der Waals surface area contributed by atoms with E-state index >= 15 is 0 Å². The van der Waals surface area contributed by atoms with Gasteiger partial charge < -0.3 is 11.1 Å². The number of rotatable bonds is 4. The Balaban J connectivity index is 2.89. The molecule has 0 radical (unpaired) electrons. The van der Waals surface area contributed by atoms with Crippen molar-refractivity contribution >= 4 is 11.4 Å². The first-order valence-corrected chi connectivity index (χ1v) is 5.92. The monoisotopic (exact) mass is 260 g/mol. The highest BCUT2D eigenvalue weighted by molar-refractivity contribution is 5.59. The van der Waals surface area contributed by atoms with Crippen molar-refractivity contribution in [2.45, 2.75) is 26.9 Å². The molecule has 0 fully saturated rings. The quantitative estimate of drug-likeness (QED) is 0.803. The number of nitrogen functional groups attached to an aromatic ring is 1. The number of nitrogens with one attached hydrogen (secondary N) is 1. The number of anilines is 2. The summed E-state index contributed by atoms with van der Waals surface area (Å²) in [6.45, 7) is 6.59. The van der Waals surface area contributed by atoms with Crippen molar-refractivity contribution in [2.24, 2.45) is 11.8 Å². The molecule has 1 rings (SSSR count). The zero-order valence-electron chi connectivity index (χ0n) is 10.8. The Labute approximate surface area is 105 Å². The molecule has 0 saturated heterocycles. The molecule has 0 aliphatic rings. The maximum Gasteiger partial charge on any atom is 0.418 e. The van der Waals surface area contributed by atoms with Crippen LogP contribution >= 0.6 is 0 Å². The van der Waals surface area contributed by atoms with E-state index in [4.69, 9.17) is 5.73 Å². The molecule has 3 N–H and O–H groups in total. The predicted octanol–water partition coefficient (Wildman–Crippen LogP) is 3.99. The van der Waals surface area contributed by atoms with Crippen molar-refractivity contribution in [3.8, 4) is 0 Å². The third-order valence-corrected chi connectivity index (χ3v) is 3.10. The van der Waals surface area contributed by atoms with Crippen molar-refractivity contribution in [3.05, 3.63) is 23.8 Å². The van der Waals surface area contributed by atoms with E-state index in [9.17, 15) is 13.2 Å². The van der Waals surface area contributed by atoms with E-state index < -0.39 is 11.7 Å². The zero-order valence-corrected chi connectivity index (χ0v) is 10.8. The van der Waals surface area contributed by atoms with Crippen LogP contribution in [0, 0.1) is 11.8 Å². The molecule has 1 aromatic rings. The third kappa shape index (κ3) is 3.82. The molecule has 0 heterocycles. The van der Waals surface area contributed by atoms with Crippen LogP contribution in [0.15, 0.2) is 18.2 Å². The van der Waals surface area contributed by atoms with Gasteiger partial charge in [0.1, 0.15) is 0 Å². The minimum atomic E-state index is -4.39. The van der Waals surface area contributed by atoms with Crippen LogP contribution in [-0.4, -0.2) is 6.54 Å². The minimum Gasteiger partial charge on any atom is -0.399 e. The number of alkyl halides is 3. The molecule has 1 aromatic carbocycles. The normalized spacial score (nSPS) is 13.7. The largest absolute Gasteiger partial charge is 0.418 e. The van der Waals surface area contributed by atoms with Gasteiger partial charge in [-0.3, -0.25) is 0 Å². The first-order chi connectivity index (χ1) is 8.21. The van der Waals surface area contributed by atoms with E-state index in [2.05, 4.69) is 5.32 Å². The van der Waals surface area contributed by atoms with Gasteiger partial charge in [0, 0.05) is 17.9 Å². The average Bonchev–Trinajstić information content (AvgIpc) is 2.25. The van der Waals surface area contributed by atoms with Crippen molar-refractivity contribution in [1.29, 1.82) is 0 Å². The standard InChI is InChI=1S/C13H19F3N2/c1-8(2)9(3)7-18-12-5-4-10(17)6-11(12)13(14,15)16/h4-6,8-9,18H,7,17H2,1-3H3. The summed E-state index contributed by atoms with van der Waals surface area (Å²) in [6.07, 6.45) is -4.39. The number of nitrogens with two attached hydrogens (primary N) is 1. The van der Waals surface area contributed by atoms with Gasteiger partial charge in [-0.25, -0.2) is 0 Å². The lowest BCUT2D eigenvalue weighted by Crippen LogP contribution is -2.19. The van der Waals surface area contributed by atoms with Gasteiger partial charge in [0.2, 0.25) is 0 Å². The fraction of sp³-hybridized carbons (Fsp3) is 0.538. The number of hydrogen-bond donors (Lipinski definition) is 2. The predicted molar refractivity (Wildman–Crippen MR) is 68.3 cm³/mol. The highest BCUT2D eigenvalue weighted by Gasteiger charge is 2.33. The van der Waals surface area contributed by atoms with Gasteiger partial charge >= 0.3 is 6.18 Å². The maximum atomic E-state index is 12.8. The molecule has 0 saturated carbocycles. The third-order valence-electron chi connectivity index (χ3n) is 3.10. The molecule has 1 atom stereocenters. The summed E-state index contributed by atoms with van der Waals surface area (Å²) in [7, 11) is 0. The Bertz CT molecular complexity index is 400. The molecule has 5 heteroatoms. The summed E-state index contributed by atoms with van der Waals surface area (Å²) >= 11 is 0. The summed E-state index contributed by atoms with van der Waals surface area (Å²) in [5.74, 6) is 0.712. The van der Waals surface area contributed by atoms with Crippen LogP contribution in [0.25, 0.3) is 0 Å². The van der Waals surface area contributed by atoms with Crippen LogP contribution in [-0.2, 0) is 6.18 Å². The van der Waals surface area contributed by atoms with Gasteiger partial charge in [-0.2, -0.15) is 13.2 Å². The number of benzene rings is 1. The molecule has 2 nitrogen and oxygen atoms in total. The van der Waals surface area contributed by atoms with Gasteiger partial charge in [0.05, 0.1) is 5.56 Å². The first kappa shape index (κ1) is 14.7. The average molecular weight is 260 g/mol. The first-order valence-electron chi connectivity index (χ1n) is 5.92. The smallest absolute Gasteiger partial charge is 0.399 e. The molecule has 0 aromatic heterocycles. The van der Waals surface area contributed by atoms with E-state index in [0.717, 1.165) is 6.07 Å². The van der Waals surface area contributed by atoms with E-state index in [-0.39, 0.29) is 11.4 Å². The van der Waals surface area contributed by atoms with E-state index in [1.54, 1.807) is 0 Å². The number of halogens is 3. The molecule has 0 aliphatic carbocycles. The molecule has 0 spiro atoms. The molecule has 0 aliphatic heterocycles. The maximum absolute atomic E-state index is 12.8. The molecule has 18 heavy (non-hydrogen) atoms. The lowest BCUT2D eigenvalue weighted by molar-refractivity contribution is -0.136. The molecule has 1 unspecified atom stereocenters. The summed E-state index contributed by atoms with van der Waals surface area (Å²) in [5.41, 5.74) is 4.89. The van der Waals surface area contributed by atoms with Gasteiger partial charge in [0.15, 0.2) is 0 Å². The number of hydrogen-bond acceptors (Lipinski definition) is 2. The van der Waals surface area contributed by atoms with Crippen molar-refractivity contribution in [1.82, 2.24) is 0 Å². The van der Waals surface area contributed by atoms with Crippen LogP contribution in [0.4, 0.5) is 24.5 Å². The molecule has 102 valence electrons. The second-order valence-corrected chi connectivity index (χ2v) is 4.90. The fourth-order valence-electron chi connectivity index (χ4n) is 1.46. The van der Waals surface area contributed by atoms with Gasteiger partial charge in [-0.1, -0.05) is 20.8 Å². The van der Waals surface area contributed by atoms with Crippen LogP contribution in [0.3, 0.4) is 0 Å². The Morgan fingerprint density at radius 2 is 1.83 bits per heavy atom. The molecule has 0 amide bonds. The Morgan fingerprint density at radius 1 is 1.22 bits per heavy atom. The lowest BCUT2D eigenvalue weighted by Gasteiger charge is -2.20. The fourth-order valence-corrected chi connectivity index (χ4v) is 1.46. The van der Waals surface area contributed by atoms with Gasteiger partial charge in [-0.05, 0) is 30.0 Å².